The van der Waals surface area contributed by atoms with Gasteiger partial charge in [-0.1, -0.05) is 17.7 Å². The second-order valence-electron chi connectivity index (χ2n) is 6.12. The minimum atomic E-state index is -0.402. The van der Waals surface area contributed by atoms with Crippen molar-refractivity contribution in [1.82, 2.24) is 0 Å². The Kier molecular flexibility index (Phi) is 5.05. The fraction of sp³-hybridized carbons (Fsp3) is 0.250. The normalized spacial score (nSPS) is 11.0. The molecule has 0 aliphatic rings. The molecule has 1 heterocycles. The van der Waals surface area contributed by atoms with Crippen molar-refractivity contribution >= 4 is 11.0 Å². The molecule has 5 nitrogen and oxygen atoms in total. The second-order valence-corrected chi connectivity index (χ2v) is 6.12. The van der Waals surface area contributed by atoms with Crippen molar-refractivity contribution in [3.63, 3.8) is 0 Å². The van der Waals surface area contributed by atoms with Gasteiger partial charge < -0.3 is 19.6 Å². The maximum absolute atomic E-state index is 11.8. The monoisotopic (exact) mass is 340 g/mol. The zero-order valence-electron chi connectivity index (χ0n) is 14.4. The summed E-state index contributed by atoms with van der Waals surface area (Å²) in [6.07, 6.45) is 0. The molecule has 3 rings (SSSR count). The summed E-state index contributed by atoms with van der Waals surface area (Å²) in [4.78, 5) is 11.8. The van der Waals surface area contributed by atoms with Gasteiger partial charge in [-0.2, -0.15) is 0 Å². The summed E-state index contributed by atoms with van der Waals surface area (Å²) in [5, 5.41) is 12.7. The number of nitrogens with two attached hydrogens (primary N) is 1. The van der Waals surface area contributed by atoms with Crippen molar-refractivity contribution in [3.8, 4) is 11.5 Å². The standard InChI is InChI=1S/C20H21NO4/c1-13-3-5-16(6-4-13)24-10-9-21-12-15-11-19(23)25-20-14(2)18(22)8-7-17(15)20/h3-8,11,21-22H,9-10,12H2,1-2H3/p+1. The third-order valence-corrected chi connectivity index (χ3v) is 4.19. The quantitative estimate of drug-likeness (QED) is 0.533. The van der Waals surface area contributed by atoms with Crippen LogP contribution in [0.4, 0.5) is 0 Å². The molecule has 0 unspecified atom stereocenters. The van der Waals surface area contributed by atoms with Crippen molar-refractivity contribution in [2.75, 3.05) is 13.2 Å². The van der Waals surface area contributed by atoms with E-state index in [0.29, 0.717) is 24.3 Å². The highest BCUT2D eigenvalue weighted by Crippen LogP contribution is 2.26. The Morgan fingerprint density at radius 1 is 1.12 bits per heavy atom. The molecule has 0 spiro atoms. The number of rotatable bonds is 6. The summed E-state index contributed by atoms with van der Waals surface area (Å²) in [6.45, 7) is 5.78. The number of hydrogen-bond donors (Lipinski definition) is 2. The molecule has 0 radical (unpaired) electrons. The highest BCUT2D eigenvalue weighted by Gasteiger charge is 2.11. The van der Waals surface area contributed by atoms with Gasteiger partial charge >= 0.3 is 5.63 Å². The molecule has 0 aliphatic carbocycles. The van der Waals surface area contributed by atoms with Crippen LogP contribution in [0.1, 0.15) is 16.7 Å². The Labute approximate surface area is 145 Å². The Morgan fingerprint density at radius 2 is 1.88 bits per heavy atom. The van der Waals surface area contributed by atoms with Crippen LogP contribution >= 0.6 is 0 Å². The Hall–Kier alpha value is -2.79. The van der Waals surface area contributed by atoms with Gasteiger partial charge in [-0.3, -0.25) is 0 Å². The lowest BCUT2D eigenvalue weighted by Crippen LogP contribution is -2.83. The molecule has 0 saturated heterocycles. The fourth-order valence-electron chi connectivity index (χ4n) is 2.74. The lowest BCUT2D eigenvalue weighted by Gasteiger charge is -2.08. The largest absolute Gasteiger partial charge is 0.508 e. The number of phenolic OH excluding ortho intramolecular Hbond substituents is 1. The minimum absolute atomic E-state index is 0.128. The van der Waals surface area contributed by atoms with Crippen LogP contribution in [0, 0.1) is 13.8 Å². The average molecular weight is 340 g/mol. The first-order valence-corrected chi connectivity index (χ1v) is 8.31. The van der Waals surface area contributed by atoms with E-state index in [2.05, 4.69) is 5.32 Å². The summed E-state index contributed by atoms with van der Waals surface area (Å²) in [5.41, 5.74) is 2.73. The molecule has 0 fully saturated rings. The number of phenols is 1. The number of ether oxygens (including phenoxy) is 1. The van der Waals surface area contributed by atoms with Gasteiger partial charge in [0, 0.05) is 22.6 Å². The molecule has 0 saturated carbocycles. The van der Waals surface area contributed by atoms with Crippen molar-refractivity contribution in [1.29, 1.82) is 0 Å². The number of aryl methyl sites for hydroxylation is 2. The van der Waals surface area contributed by atoms with Gasteiger partial charge in [-0.05, 0) is 38.1 Å². The van der Waals surface area contributed by atoms with Gasteiger partial charge in [-0.25, -0.2) is 4.79 Å². The SMILES string of the molecule is Cc1ccc(OCC[NH2+]Cc2cc(=O)oc3c(C)c(O)ccc23)cc1. The number of benzene rings is 2. The Morgan fingerprint density at radius 3 is 2.64 bits per heavy atom. The molecule has 130 valence electrons. The summed E-state index contributed by atoms with van der Waals surface area (Å²) < 4.78 is 11.0. The van der Waals surface area contributed by atoms with E-state index in [9.17, 15) is 9.90 Å². The van der Waals surface area contributed by atoms with E-state index in [0.717, 1.165) is 23.2 Å². The van der Waals surface area contributed by atoms with Crippen LogP contribution in [0.2, 0.25) is 0 Å². The Bertz CT molecular complexity index is 929. The van der Waals surface area contributed by atoms with Crippen molar-refractivity contribution in [3.05, 3.63) is 69.6 Å². The average Bonchev–Trinajstić information content (AvgIpc) is 2.60. The molecular formula is C20H22NO4+. The molecule has 0 atom stereocenters. The molecule has 3 N–H and O–H groups in total. The van der Waals surface area contributed by atoms with E-state index in [1.54, 1.807) is 19.1 Å². The van der Waals surface area contributed by atoms with Crippen LogP contribution in [-0.2, 0) is 6.54 Å². The Balaban J connectivity index is 1.62. The van der Waals surface area contributed by atoms with E-state index < -0.39 is 5.63 Å². The number of hydrogen-bond acceptors (Lipinski definition) is 4. The lowest BCUT2D eigenvalue weighted by molar-refractivity contribution is -0.671. The molecule has 1 aromatic heterocycles. The maximum Gasteiger partial charge on any atom is 0.336 e. The van der Waals surface area contributed by atoms with Gasteiger partial charge in [0.15, 0.2) is 0 Å². The molecular weight excluding hydrogens is 318 g/mol. The van der Waals surface area contributed by atoms with Crippen LogP contribution in [0.25, 0.3) is 11.0 Å². The maximum atomic E-state index is 11.8. The predicted octanol–water partition coefficient (Wildman–Crippen LogP) is 2.26. The highest BCUT2D eigenvalue weighted by atomic mass is 16.5. The smallest absolute Gasteiger partial charge is 0.336 e. The zero-order chi connectivity index (χ0) is 17.8. The third-order valence-electron chi connectivity index (χ3n) is 4.19. The molecule has 5 heteroatoms. The van der Waals surface area contributed by atoms with Gasteiger partial charge in [0.2, 0.25) is 0 Å². The second kappa shape index (κ2) is 7.40. The van der Waals surface area contributed by atoms with Crippen molar-refractivity contribution in [2.24, 2.45) is 0 Å². The van der Waals surface area contributed by atoms with E-state index in [1.807, 2.05) is 31.2 Å². The van der Waals surface area contributed by atoms with Gasteiger partial charge in [-0.15, -0.1) is 0 Å². The lowest BCUT2D eigenvalue weighted by atomic mass is 10.1. The van der Waals surface area contributed by atoms with Crippen molar-refractivity contribution < 1.29 is 19.6 Å². The van der Waals surface area contributed by atoms with E-state index in [-0.39, 0.29) is 5.75 Å². The first-order valence-electron chi connectivity index (χ1n) is 8.31. The topological polar surface area (TPSA) is 76.3 Å². The van der Waals surface area contributed by atoms with Crippen LogP contribution in [0.3, 0.4) is 0 Å². The minimum Gasteiger partial charge on any atom is -0.508 e. The van der Waals surface area contributed by atoms with E-state index in [1.165, 1.54) is 11.6 Å². The molecule has 25 heavy (non-hydrogen) atoms. The molecule has 0 amide bonds. The van der Waals surface area contributed by atoms with Crippen molar-refractivity contribution in [2.45, 2.75) is 20.4 Å². The summed E-state index contributed by atoms with van der Waals surface area (Å²) in [5.74, 6) is 0.985. The van der Waals surface area contributed by atoms with Gasteiger partial charge in [0.05, 0.1) is 0 Å². The van der Waals surface area contributed by atoms with Gasteiger partial charge in [0.25, 0.3) is 0 Å². The summed E-state index contributed by atoms with van der Waals surface area (Å²) >= 11 is 0. The van der Waals surface area contributed by atoms with E-state index in [4.69, 9.17) is 9.15 Å². The van der Waals surface area contributed by atoms with Crippen LogP contribution in [0.5, 0.6) is 11.5 Å². The number of quaternary nitrogens is 1. The van der Waals surface area contributed by atoms with Gasteiger partial charge in [0.1, 0.15) is 36.8 Å². The van der Waals surface area contributed by atoms with Crippen LogP contribution < -0.4 is 15.7 Å². The fourth-order valence-corrected chi connectivity index (χ4v) is 2.74. The predicted molar refractivity (Wildman–Crippen MR) is 96.1 cm³/mol. The molecule has 0 aliphatic heterocycles. The first kappa shape index (κ1) is 17.0. The first-order chi connectivity index (χ1) is 12.0. The molecule has 3 aromatic rings. The van der Waals surface area contributed by atoms with Crippen LogP contribution in [-0.4, -0.2) is 18.3 Å². The number of aromatic hydroxyl groups is 1. The molecule has 2 aromatic carbocycles. The van der Waals surface area contributed by atoms with Crippen LogP contribution in [0.15, 0.2) is 51.7 Å². The highest BCUT2D eigenvalue weighted by molar-refractivity contribution is 5.84. The zero-order valence-corrected chi connectivity index (χ0v) is 14.4. The summed E-state index contributed by atoms with van der Waals surface area (Å²) in [6, 6.07) is 12.9. The third kappa shape index (κ3) is 4.00. The number of fused-ring (bicyclic) bond motifs is 1. The van der Waals surface area contributed by atoms with E-state index >= 15 is 0 Å². The molecule has 0 bridgehead atoms. The summed E-state index contributed by atoms with van der Waals surface area (Å²) in [7, 11) is 0.